The number of nitrogens with one attached hydrogen (secondary N) is 1. The minimum Gasteiger partial charge on any atom is -0.507 e. The molecule has 2 nitrogen and oxygen atoms in total. The van der Waals surface area contributed by atoms with Crippen LogP contribution in [0.25, 0.3) is 22.2 Å². The molecule has 3 aromatic rings. The molecular formula is C15H9BrF3NO. The molecule has 2 aromatic carbocycles. The Kier molecular flexibility index (Phi) is 3.20. The summed E-state index contributed by atoms with van der Waals surface area (Å²) in [6.45, 7) is 0. The van der Waals surface area contributed by atoms with Crippen molar-refractivity contribution < 1.29 is 18.3 Å². The van der Waals surface area contributed by atoms with E-state index in [0.717, 1.165) is 16.6 Å². The summed E-state index contributed by atoms with van der Waals surface area (Å²) in [4.78, 5) is 3.01. The summed E-state index contributed by atoms with van der Waals surface area (Å²) < 4.78 is 38.9. The zero-order valence-corrected chi connectivity index (χ0v) is 12.1. The maximum absolute atomic E-state index is 12.7. The van der Waals surface area contributed by atoms with E-state index in [4.69, 9.17) is 0 Å². The normalized spacial score (nSPS) is 12.0. The average Bonchev–Trinajstić information content (AvgIpc) is 2.83. The summed E-state index contributed by atoms with van der Waals surface area (Å²) in [5.41, 5.74) is 0.966. The fourth-order valence-corrected chi connectivity index (χ4v) is 2.54. The molecule has 0 spiro atoms. The van der Waals surface area contributed by atoms with Gasteiger partial charge in [-0.2, -0.15) is 13.2 Å². The smallest absolute Gasteiger partial charge is 0.416 e. The highest BCUT2D eigenvalue weighted by molar-refractivity contribution is 9.10. The molecule has 108 valence electrons. The largest absolute Gasteiger partial charge is 0.507 e. The van der Waals surface area contributed by atoms with Crippen LogP contribution in [0.15, 0.2) is 46.9 Å². The third-order valence-electron chi connectivity index (χ3n) is 3.20. The van der Waals surface area contributed by atoms with Crippen molar-refractivity contribution in [3.63, 3.8) is 0 Å². The summed E-state index contributed by atoms with van der Waals surface area (Å²) in [6.07, 6.45) is -4.37. The van der Waals surface area contributed by atoms with Crippen LogP contribution in [-0.4, -0.2) is 10.1 Å². The Morgan fingerprint density at radius 1 is 1.00 bits per heavy atom. The van der Waals surface area contributed by atoms with Gasteiger partial charge in [-0.25, -0.2) is 0 Å². The van der Waals surface area contributed by atoms with E-state index in [9.17, 15) is 18.3 Å². The van der Waals surface area contributed by atoms with E-state index in [1.54, 1.807) is 18.2 Å². The van der Waals surface area contributed by atoms with E-state index in [1.807, 2.05) is 0 Å². The molecule has 0 fully saturated rings. The molecule has 0 aliphatic carbocycles. The summed E-state index contributed by atoms with van der Waals surface area (Å²) in [5.74, 6) is 0.0563. The summed E-state index contributed by atoms with van der Waals surface area (Å²) >= 11 is 3.30. The van der Waals surface area contributed by atoms with E-state index >= 15 is 0 Å². The lowest BCUT2D eigenvalue weighted by Crippen LogP contribution is -2.03. The number of phenols is 1. The van der Waals surface area contributed by atoms with Gasteiger partial charge in [-0.05, 0) is 42.5 Å². The molecule has 3 rings (SSSR count). The van der Waals surface area contributed by atoms with E-state index in [0.29, 0.717) is 22.2 Å². The number of fused-ring (bicyclic) bond motifs is 1. The number of hydrogen-bond acceptors (Lipinski definition) is 1. The predicted octanol–water partition coefficient (Wildman–Crippen LogP) is 5.32. The molecule has 6 heteroatoms. The Morgan fingerprint density at radius 3 is 2.48 bits per heavy atom. The molecule has 0 saturated carbocycles. The van der Waals surface area contributed by atoms with Crippen molar-refractivity contribution in [1.29, 1.82) is 0 Å². The molecule has 1 heterocycles. The van der Waals surface area contributed by atoms with Crippen LogP contribution in [0.5, 0.6) is 5.75 Å². The van der Waals surface area contributed by atoms with Gasteiger partial charge in [-0.3, -0.25) is 0 Å². The lowest BCUT2D eigenvalue weighted by molar-refractivity contribution is -0.137. The molecule has 0 aliphatic heterocycles. The number of halogens is 4. The van der Waals surface area contributed by atoms with Gasteiger partial charge in [0, 0.05) is 20.9 Å². The lowest BCUT2D eigenvalue weighted by Gasteiger charge is -2.05. The van der Waals surface area contributed by atoms with Gasteiger partial charge in [0.15, 0.2) is 0 Å². The first kappa shape index (κ1) is 14.0. The van der Waals surface area contributed by atoms with Crippen LogP contribution < -0.4 is 0 Å². The number of aromatic hydroxyl groups is 1. The first-order valence-electron chi connectivity index (χ1n) is 6.03. The third-order valence-corrected chi connectivity index (χ3v) is 3.69. The molecule has 0 amide bonds. The second kappa shape index (κ2) is 4.80. The standard InChI is InChI=1S/C15H9BrF3NO/c16-10-2-4-14(21)11(7-10)13-6-8-5-9(15(17,18)19)1-3-12(8)20-13/h1-7,20-21H. The van der Waals surface area contributed by atoms with Crippen LogP contribution in [0.2, 0.25) is 0 Å². The predicted molar refractivity (Wildman–Crippen MR) is 78.1 cm³/mol. The van der Waals surface area contributed by atoms with E-state index in [-0.39, 0.29) is 5.75 Å². The Morgan fingerprint density at radius 2 is 1.76 bits per heavy atom. The molecule has 0 unspecified atom stereocenters. The Hall–Kier alpha value is -1.95. The van der Waals surface area contributed by atoms with Gasteiger partial charge in [0.05, 0.1) is 11.3 Å². The maximum Gasteiger partial charge on any atom is 0.416 e. The van der Waals surface area contributed by atoms with Gasteiger partial charge in [0.1, 0.15) is 5.75 Å². The average molecular weight is 356 g/mol. The molecular weight excluding hydrogens is 347 g/mol. The van der Waals surface area contributed by atoms with Crippen LogP contribution >= 0.6 is 15.9 Å². The van der Waals surface area contributed by atoms with Crippen LogP contribution in [0.3, 0.4) is 0 Å². The first-order valence-corrected chi connectivity index (χ1v) is 6.83. The van der Waals surface area contributed by atoms with E-state index in [2.05, 4.69) is 20.9 Å². The van der Waals surface area contributed by atoms with Crippen molar-refractivity contribution in [2.45, 2.75) is 6.18 Å². The molecule has 0 saturated heterocycles. The SMILES string of the molecule is Oc1ccc(Br)cc1-c1cc2cc(C(F)(F)F)ccc2[nH]1. The monoisotopic (exact) mass is 355 g/mol. The number of benzene rings is 2. The van der Waals surface area contributed by atoms with Gasteiger partial charge < -0.3 is 10.1 Å². The number of hydrogen-bond donors (Lipinski definition) is 2. The fourth-order valence-electron chi connectivity index (χ4n) is 2.18. The highest BCUT2D eigenvalue weighted by Gasteiger charge is 2.30. The van der Waals surface area contributed by atoms with Crippen LogP contribution in [0.1, 0.15) is 5.56 Å². The Balaban J connectivity index is 2.15. The topological polar surface area (TPSA) is 36.0 Å². The summed E-state index contributed by atoms with van der Waals surface area (Å²) in [7, 11) is 0. The lowest BCUT2D eigenvalue weighted by atomic mass is 10.1. The van der Waals surface area contributed by atoms with Crippen molar-refractivity contribution in [2.75, 3.05) is 0 Å². The highest BCUT2D eigenvalue weighted by Crippen LogP contribution is 2.35. The second-order valence-corrected chi connectivity index (χ2v) is 5.56. The van der Waals surface area contributed by atoms with Crippen LogP contribution in [-0.2, 0) is 6.18 Å². The van der Waals surface area contributed by atoms with Crippen molar-refractivity contribution in [3.8, 4) is 17.0 Å². The van der Waals surface area contributed by atoms with Gasteiger partial charge in [0.25, 0.3) is 0 Å². The minimum absolute atomic E-state index is 0.0563. The Labute approximate surface area is 126 Å². The first-order chi connectivity index (χ1) is 9.84. The second-order valence-electron chi connectivity index (χ2n) is 4.64. The van der Waals surface area contributed by atoms with Crippen molar-refractivity contribution in [1.82, 2.24) is 4.98 Å². The Bertz CT molecular complexity index is 823. The van der Waals surface area contributed by atoms with Crippen LogP contribution in [0.4, 0.5) is 13.2 Å². The fraction of sp³-hybridized carbons (Fsp3) is 0.0667. The van der Waals surface area contributed by atoms with Crippen molar-refractivity contribution >= 4 is 26.8 Å². The highest BCUT2D eigenvalue weighted by atomic mass is 79.9. The number of rotatable bonds is 1. The number of phenolic OH excluding ortho intramolecular Hbond substituents is 1. The quantitative estimate of drug-likeness (QED) is 0.608. The minimum atomic E-state index is -4.37. The maximum atomic E-state index is 12.7. The van der Waals surface area contributed by atoms with Crippen molar-refractivity contribution in [2.24, 2.45) is 0 Å². The molecule has 0 radical (unpaired) electrons. The molecule has 2 N–H and O–H groups in total. The number of H-pyrrole nitrogens is 1. The zero-order valence-electron chi connectivity index (χ0n) is 10.5. The molecule has 0 atom stereocenters. The number of aromatic nitrogens is 1. The van der Waals surface area contributed by atoms with Crippen LogP contribution in [0, 0.1) is 0 Å². The van der Waals surface area contributed by atoms with E-state index in [1.165, 1.54) is 12.1 Å². The molecule has 0 aliphatic rings. The number of alkyl halides is 3. The zero-order chi connectivity index (χ0) is 15.2. The van der Waals surface area contributed by atoms with Gasteiger partial charge in [-0.15, -0.1) is 0 Å². The van der Waals surface area contributed by atoms with Gasteiger partial charge in [-0.1, -0.05) is 15.9 Å². The van der Waals surface area contributed by atoms with E-state index < -0.39 is 11.7 Å². The molecule has 21 heavy (non-hydrogen) atoms. The van der Waals surface area contributed by atoms with Gasteiger partial charge >= 0.3 is 6.18 Å². The summed E-state index contributed by atoms with van der Waals surface area (Å²) in [5, 5.41) is 10.3. The molecule has 0 bridgehead atoms. The molecule has 1 aromatic heterocycles. The van der Waals surface area contributed by atoms with Crippen molar-refractivity contribution in [3.05, 3.63) is 52.5 Å². The summed E-state index contributed by atoms with van der Waals surface area (Å²) in [6, 6.07) is 10.00. The van der Waals surface area contributed by atoms with Gasteiger partial charge in [0.2, 0.25) is 0 Å². The third kappa shape index (κ3) is 2.63. The number of aromatic amines is 1.